The standard InChI is InChI=1S/C17H25N3O4/c1-16(2,3)14-11-17(4,9-10-19(14)15(21)22)18-12-5-7-13(8-6-12)20(23)24/h5-8,14,18H,9-11H2,1-4H3,(H,21,22). The monoisotopic (exact) mass is 335 g/mol. The summed E-state index contributed by atoms with van der Waals surface area (Å²) in [5.74, 6) is 0. The molecule has 1 heterocycles. The molecule has 1 aromatic rings. The number of amides is 1. The third kappa shape index (κ3) is 3.96. The molecule has 2 atom stereocenters. The van der Waals surface area contributed by atoms with Crippen LogP contribution in [0.4, 0.5) is 16.2 Å². The first-order valence-electron chi connectivity index (χ1n) is 8.04. The molecule has 0 aromatic heterocycles. The molecule has 1 aliphatic heterocycles. The Hall–Kier alpha value is -2.31. The molecule has 132 valence electrons. The van der Waals surface area contributed by atoms with Crippen LogP contribution >= 0.6 is 0 Å². The second-order valence-corrected chi connectivity index (χ2v) is 7.80. The van der Waals surface area contributed by atoms with Crippen LogP contribution in [0.25, 0.3) is 0 Å². The number of hydrogen-bond acceptors (Lipinski definition) is 4. The van der Waals surface area contributed by atoms with Gasteiger partial charge in [0.2, 0.25) is 0 Å². The number of hydrogen-bond donors (Lipinski definition) is 2. The van der Waals surface area contributed by atoms with Gasteiger partial charge in [0.15, 0.2) is 0 Å². The highest BCUT2D eigenvalue weighted by Crippen LogP contribution is 2.38. The lowest BCUT2D eigenvalue weighted by molar-refractivity contribution is -0.384. The smallest absolute Gasteiger partial charge is 0.407 e. The van der Waals surface area contributed by atoms with Crippen molar-refractivity contribution in [3.8, 4) is 0 Å². The summed E-state index contributed by atoms with van der Waals surface area (Å²) in [4.78, 5) is 23.4. The highest BCUT2D eigenvalue weighted by Gasteiger charge is 2.43. The summed E-state index contributed by atoms with van der Waals surface area (Å²) in [7, 11) is 0. The summed E-state index contributed by atoms with van der Waals surface area (Å²) in [6.07, 6.45) is 0.482. The van der Waals surface area contributed by atoms with Gasteiger partial charge in [-0.2, -0.15) is 0 Å². The lowest BCUT2D eigenvalue weighted by Crippen LogP contribution is -2.58. The van der Waals surface area contributed by atoms with Gasteiger partial charge >= 0.3 is 6.09 Å². The van der Waals surface area contributed by atoms with E-state index in [0.717, 1.165) is 5.69 Å². The number of benzene rings is 1. The Balaban J connectivity index is 2.17. The Kier molecular flexibility index (Phi) is 4.73. The number of nitrogens with zero attached hydrogens (tertiary/aromatic N) is 2. The molecule has 2 N–H and O–H groups in total. The van der Waals surface area contributed by atoms with Crippen LogP contribution in [-0.2, 0) is 0 Å². The van der Waals surface area contributed by atoms with Crippen LogP contribution in [0.3, 0.4) is 0 Å². The zero-order valence-corrected chi connectivity index (χ0v) is 14.6. The van der Waals surface area contributed by atoms with Crippen molar-refractivity contribution in [3.05, 3.63) is 34.4 Å². The molecule has 7 nitrogen and oxygen atoms in total. The van der Waals surface area contributed by atoms with E-state index in [1.54, 1.807) is 12.1 Å². The maximum atomic E-state index is 11.5. The fraction of sp³-hybridized carbons (Fsp3) is 0.588. The lowest BCUT2D eigenvalue weighted by atomic mass is 9.74. The first kappa shape index (κ1) is 18.0. The van der Waals surface area contributed by atoms with Crippen LogP contribution in [0, 0.1) is 15.5 Å². The Bertz CT molecular complexity index is 624. The minimum absolute atomic E-state index is 0.0546. The van der Waals surface area contributed by atoms with E-state index in [-0.39, 0.29) is 22.7 Å². The van der Waals surface area contributed by atoms with Gasteiger partial charge in [0.25, 0.3) is 5.69 Å². The van der Waals surface area contributed by atoms with Crippen molar-refractivity contribution in [2.24, 2.45) is 5.41 Å². The fourth-order valence-electron chi connectivity index (χ4n) is 3.29. The molecule has 1 amide bonds. The van der Waals surface area contributed by atoms with Gasteiger partial charge in [0, 0.05) is 35.9 Å². The summed E-state index contributed by atoms with van der Waals surface area (Å²) < 4.78 is 0. The molecule has 2 unspecified atom stereocenters. The summed E-state index contributed by atoms with van der Waals surface area (Å²) in [5, 5.41) is 23.6. The molecule has 7 heteroatoms. The number of nitro groups is 1. The van der Waals surface area contributed by atoms with Crippen molar-refractivity contribution in [1.29, 1.82) is 0 Å². The molecule has 1 aromatic carbocycles. The first-order valence-corrected chi connectivity index (χ1v) is 8.04. The maximum absolute atomic E-state index is 11.5. The fourth-order valence-corrected chi connectivity index (χ4v) is 3.29. The molecule has 1 saturated heterocycles. The van der Waals surface area contributed by atoms with Crippen molar-refractivity contribution < 1.29 is 14.8 Å². The molecule has 2 rings (SSSR count). The number of rotatable bonds is 3. The maximum Gasteiger partial charge on any atom is 0.407 e. The zero-order valence-electron chi connectivity index (χ0n) is 14.6. The number of nitro benzene ring substituents is 1. The summed E-state index contributed by atoms with van der Waals surface area (Å²) >= 11 is 0. The van der Waals surface area contributed by atoms with Crippen molar-refractivity contribution in [2.45, 2.75) is 52.1 Å². The average Bonchev–Trinajstić information content (AvgIpc) is 2.46. The van der Waals surface area contributed by atoms with Crippen molar-refractivity contribution in [3.63, 3.8) is 0 Å². The Morgan fingerprint density at radius 2 is 1.96 bits per heavy atom. The first-order chi connectivity index (χ1) is 11.0. The highest BCUT2D eigenvalue weighted by molar-refractivity contribution is 5.66. The van der Waals surface area contributed by atoms with Gasteiger partial charge in [-0.25, -0.2) is 4.79 Å². The van der Waals surface area contributed by atoms with Gasteiger partial charge in [0.05, 0.1) is 4.92 Å². The van der Waals surface area contributed by atoms with E-state index < -0.39 is 11.0 Å². The number of anilines is 1. The van der Waals surface area contributed by atoms with Crippen LogP contribution in [0.1, 0.15) is 40.5 Å². The molecule has 1 fully saturated rings. The Labute approximate surface area is 141 Å². The molecule has 1 aliphatic rings. The molecule has 0 radical (unpaired) electrons. The van der Waals surface area contributed by atoms with E-state index in [4.69, 9.17) is 0 Å². The summed E-state index contributed by atoms with van der Waals surface area (Å²) in [6.45, 7) is 8.68. The van der Waals surface area contributed by atoms with E-state index in [9.17, 15) is 20.0 Å². The number of nitrogens with one attached hydrogen (secondary N) is 1. The second-order valence-electron chi connectivity index (χ2n) is 7.80. The van der Waals surface area contributed by atoms with E-state index in [2.05, 4.69) is 12.2 Å². The predicted molar refractivity (Wildman–Crippen MR) is 92.3 cm³/mol. The summed E-state index contributed by atoms with van der Waals surface area (Å²) in [6, 6.07) is 6.23. The van der Waals surface area contributed by atoms with Crippen molar-refractivity contribution in [2.75, 3.05) is 11.9 Å². The van der Waals surface area contributed by atoms with Gasteiger partial charge in [-0.3, -0.25) is 10.1 Å². The molecule has 0 saturated carbocycles. The Morgan fingerprint density at radius 1 is 1.38 bits per heavy atom. The van der Waals surface area contributed by atoms with E-state index in [1.807, 2.05) is 20.8 Å². The van der Waals surface area contributed by atoms with Gasteiger partial charge in [-0.15, -0.1) is 0 Å². The largest absolute Gasteiger partial charge is 0.465 e. The lowest BCUT2D eigenvalue weighted by Gasteiger charge is -2.49. The van der Waals surface area contributed by atoms with E-state index in [0.29, 0.717) is 19.4 Å². The van der Waals surface area contributed by atoms with Crippen LogP contribution in [0.2, 0.25) is 0 Å². The van der Waals surface area contributed by atoms with Crippen LogP contribution in [-0.4, -0.2) is 39.1 Å². The molecule has 0 aliphatic carbocycles. The number of likely N-dealkylation sites (tertiary alicyclic amines) is 1. The van der Waals surface area contributed by atoms with E-state index in [1.165, 1.54) is 17.0 Å². The number of carboxylic acid groups (broad SMARTS) is 1. The van der Waals surface area contributed by atoms with Gasteiger partial charge in [-0.1, -0.05) is 20.8 Å². The van der Waals surface area contributed by atoms with Gasteiger partial charge in [0.1, 0.15) is 0 Å². The number of non-ortho nitro benzene ring substituents is 1. The highest BCUT2D eigenvalue weighted by atomic mass is 16.6. The van der Waals surface area contributed by atoms with Crippen molar-refractivity contribution in [1.82, 2.24) is 4.90 Å². The number of carbonyl (C=O) groups is 1. The van der Waals surface area contributed by atoms with Crippen LogP contribution in [0.5, 0.6) is 0 Å². The van der Waals surface area contributed by atoms with Crippen molar-refractivity contribution >= 4 is 17.5 Å². The van der Waals surface area contributed by atoms with E-state index >= 15 is 0 Å². The SMILES string of the molecule is CC1(Nc2ccc([N+](=O)[O-])cc2)CCN(C(=O)O)C(C(C)(C)C)C1. The molecular formula is C17H25N3O4. The van der Waals surface area contributed by atoms with Crippen LogP contribution < -0.4 is 5.32 Å². The zero-order chi connectivity index (χ0) is 18.1. The quantitative estimate of drug-likeness (QED) is 0.644. The summed E-state index contributed by atoms with van der Waals surface area (Å²) in [5.41, 5.74) is 0.426. The average molecular weight is 335 g/mol. The Morgan fingerprint density at radius 3 is 2.42 bits per heavy atom. The van der Waals surface area contributed by atoms with Gasteiger partial charge in [-0.05, 0) is 37.3 Å². The molecular weight excluding hydrogens is 310 g/mol. The van der Waals surface area contributed by atoms with Gasteiger partial charge < -0.3 is 15.3 Å². The minimum atomic E-state index is -0.882. The molecule has 0 spiro atoms. The minimum Gasteiger partial charge on any atom is -0.465 e. The predicted octanol–water partition coefficient (Wildman–Crippen LogP) is 3.95. The molecule has 24 heavy (non-hydrogen) atoms. The third-order valence-electron chi connectivity index (χ3n) is 4.69. The van der Waals surface area contributed by atoms with Crippen LogP contribution in [0.15, 0.2) is 24.3 Å². The topological polar surface area (TPSA) is 95.7 Å². The molecule has 0 bridgehead atoms. The third-order valence-corrected chi connectivity index (χ3v) is 4.69. The normalized spacial score (nSPS) is 24.5. The number of piperidine rings is 1. The second kappa shape index (κ2) is 6.30.